The zero-order valence-corrected chi connectivity index (χ0v) is 17.0. The van der Waals surface area contributed by atoms with E-state index < -0.39 is 0 Å². The number of pyridine rings is 2. The Hall–Kier alpha value is -3.16. The molecule has 0 bridgehead atoms. The molecule has 1 fully saturated rings. The highest BCUT2D eigenvalue weighted by Crippen LogP contribution is 2.14. The number of carbonyl (C=O) groups excluding carboxylic acids is 2. The molecule has 2 aromatic rings. The van der Waals surface area contributed by atoms with Crippen molar-refractivity contribution in [1.82, 2.24) is 20.2 Å². The Bertz CT molecular complexity index is 819. The van der Waals surface area contributed by atoms with E-state index in [9.17, 15) is 9.59 Å². The Morgan fingerprint density at radius 2 is 1.79 bits per heavy atom. The minimum absolute atomic E-state index is 0.0534. The van der Waals surface area contributed by atoms with E-state index in [1.54, 1.807) is 24.5 Å². The summed E-state index contributed by atoms with van der Waals surface area (Å²) in [6, 6.07) is 9.46. The molecule has 1 aliphatic rings. The maximum absolute atomic E-state index is 12.5. The van der Waals surface area contributed by atoms with Crippen molar-refractivity contribution >= 4 is 23.5 Å². The molecule has 1 saturated heterocycles. The third-order valence-corrected chi connectivity index (χ3v) is 4.71. The Morgan fingerprint density at radius 1 is 1.03 bits per heavy atom. The summed E-state index contributed by atoms with van der Waals surface area (Å²) in [6.45, 7) is 7.12. The molecule has 0 spiro atoms. The largest absolute Gasteiger partial charge is 0.367 e. The molecule has 2 N–H and O–H groups in total. The van der Waals surface area contributed by atoms with Crippen molar-refractivity contribution in [2.45, 2.75) is 26.3 Å². The van der Waals surface area contributed by atoms with Gasteiger partial charge in [-0.3, -0.25) is 9.59 Å². The van der Waals surface area contributed by atoms with Gasteiger partial charge in [0, 0.05) is 57.6 Å². The van der Waals surface area contributed by atoms with Crippen LogP contribution in [0, 0.1) is 0 Å². The molecule has 3 heterocycles. The van der Waals surface area contributed by atoms with Crippen LogP contribution in [0.1, 0.15) is 30.6 Å². The van der Waals surface area contributed by atoms with E-state index in [1.165, 1.54) is 0 Å². The number of anilines is 2. The molecule has 8 heteroatoms. The Morgan fingerprint density at radius 3 is 2.48 bits per heavy atom. The van der Waals surface area contributed by atoms with Gasteiger partial charge in [-0.05, 0) is 38.1 Å². The number of carbonyl (C=O) groups is 2. The second kappa shape index (κ2) is 9.86. The lowest BCUT2D eigenvalue weighted by molar-refractivity contribution is -0.131. The van der Waals surface area contributed by atoms with Crippen LogP contribution in [0.25, 0.3) is 0 Å². The van der Waals surface area contributed by atoms with Gasteiger partial charge in [0.2, 0.25) is 5.91 Å². The fraction of sp³-hybridized carbons (Fsp3) is 0.429. The highest BCUT2D eigenvalue weighted by Gasteiger charge is 2.22. The molecule has 1 aliphatic heterocycles. The first-order valence-corrected chi connectivity index (χ1v) is 9.98. The lowest BCUT2D eigenvalue weighted by atomic mass is 10.2. The van der Waals surface area contributed by atoms with Gasteiger partial charge >= 0.3 is 0 Å². The lowest BCUT2D eigenvalue weighted by Gasteiger charge is -2.35. The van der Waals surface area contributed by atoms with Gasteiger partial charge < -0.3 is 20.4 Å². The molecule has 0 aliphatic carbocycles. The summed E-state index contributed by atoms with van der Waals surface area (Å²) < 4.78 is 0. The van der Waals surface area contributed by atoms with Gasteiger partial charge in [-0.1, -0.05) is 6.07 Å². The summed E-state index contributed by atoms with van der Waals surface area (Å²) in [5.41, 5.74) is 0.484. The maximum atomic E-state index is 12.5. The van der Waals surface area contributed by atoms with Gasteiger partial charge in [-0.25, -0.2) is 9.97 Å². The highest BCUT2D eigenvalue weighted by atomic mass is 16.2. The van der Waals surface area contributed by atoms with Gasteiger partial charge in [0.05, 0.1) is 5.56 Å². The van der Waals surface area contributed by atoms with Crippen molar-refractivity contribution in [2.75, 3.05) is 42.9 Å². The molecular weight excluding hydrogens is 368 g/mol. The molecule has 2 aromatic heterocycles. The average molecular weight is 396 g/mol. The van der Waals surface area contributed by atoms with Crippen LogP contribution in [0.3, 0.4) is 0 Å². The van der Waals surface area contributed by atoms with Crippen LogP contribution in [0.4, 0.5) is 11.6 Å². The Kier molecular flexibility index (Phi) is 6.99. The quantitative estimate of drug-likeness (QED) is 0.741. The highest BCUT2D eigenvalue weighted by molar-refractivity contribution is 5.98. The van der Waals surface area contributed by atoms with E-state index in [1.807, 2.05) is 36.9 Å². The van der Waals surface area contributed by atoms with Crippen molar-refractivity contribution in [2.24, 2.45) is 0 Å². The number of aromatic nitrogens is 2. The smallest absolute Gasteiger partial charge is 0.255 e. The van der Waals surface area contributed by atoms with Gasteiger partial charge in [0.1, 0.15) is 11.6 Å². The van der Waals surface area contributed by atoms with Crippen molar-refractivity contribution in [1.29, 1.82) is 0 Å². The molecule has 0 atom stereocenters. The van der Waals surface area contributed by atoms with E-state index in [4.69, 9.17) is 0 Å². The molecule has 0 saturated carbocycles. The molecular formula is C21H28N6O2. The van der Waals surface area contributed by atoms with Crippen LogP contribution in [0.2, 0.25) is 0 Å². The minimum atomic E-state index is -0.228. The van der Waals surface area contributed by atoms with E-state index in [2.05, 4.69) is 25.5 Å². The lowest BCUT2D eigenvalue weighted by Crippen LogP contribution is -2.49. The summed E-state index contributed by atoms with van der Waals surface area (Å²) in [6.07, 6.45) is 3.71. The third kappa shape index (κ3) is 5.66. The summed E-state index contributed by atoms with van der Waals surface area (Å²) in [5.74, 6) is 1.32. The predicted octanol–water partition coefficient (Wildman–Crippen LogP) is 1.77. The van der Waals surface area contributed by atoms with Crippen LogP contribution < -0.4 is 15.5 Å². The van der Waals surface area contributed by atoms with Crippen molar-refractivity contribution < 1.29 is 9.59 Å². The first-order valence-electron chi connectivity index (χ1n) is 9.98. The third-order valence-electron chi connectivity index (χ3n) is 4.71. The zero-order chi connectivity index (χ0) is 20.6. The number of piperazine rings is 1. The second-order valence-electron chi connectivity index (χ2n) is 7.26. The first kappa shape index (κ1) is 20.6. The number of rotatable bonds is 7. The number of nitrogens with zero attached hydrogens (tertiary/aromatic N) is 4. The topological polar surface area (TPSA) is 90.5 Å². The van der Waals surface area contributed by atoms with Crippen molar-refractivity contribution in [3.63, 3.8) is 0 Å². The summed E-state index contributed by atoms with van der Waals surface area (Å²) in [4.78, 5) is 37.6. The summed E-state index contributed by atoms with van der Waals surface area (Å²) in [5, 5.41) is 6.00. The van der Waals surface area contributed by atoms with E-state index >= 15 is 0 Å². The van der Waals surface area contributed by atoms with Gasteiger partial charge in [0.15, 0.2) is 0 Å². The molecule has 3 rings (SSSR count). The SMILES string of the molecule is CC(C)Nc1ncccc1C(=O)NCCC(=O)N1CCN(c2ccccn2)CC1. The van der Waals surface area contributed by atoms with E-state index in [0.717, 1.165) is 18.9 Å². The minimum Gasteiger partial charge on any atom is -0.367 e. The van der Waals surface area contributed by atoms with E-state index in [0.29, 0.717) is 31.0 Å². The average Bonchev–Trinajstić information content (AvgIpc) is 2.74. The number of amides is 2. The van der Waals surface area contributed by atoms with Crippen LogP contribution in [0.5, 0.6) is 0 Å². The fourth-order valence-corrected chi connectivity index (χ4v) is 3.24. The monoisotopic (exact) mass is 396 g/mol. The standard InChI is InChI=1S/C21H28N6O2/c1-16(2)25-20-17(6-5-10-23-20)21(29)24-11-8-19(28)27-14-12-26(13-15-27)18-7-3-4-9-22-18/h3-7,9-10,16H,8,11-15H2,1-2H3,(H,23,25)(H,24,29). The molecule has 29 heavy (non-hydrogen) atoms. The molecule has 0 unspecified atom stereocenters. The number of hydrogen-bond acceptors (Lipinski definition) is 6. The second-order valence-corrected chi connectivity index (χ2v) is 7.26. The van der Waals surface area contributed by atoms with Crippen molar-refractivity contribution in [3.05, 3.63) is 48.3 Å². The van der Waals surface area contributed by atoms with Crippen LogP contribution >= 0.6 is 0 Å². The number of hydrogen-bond donors (Lipinski definition) is 2. The fourth-order valence-electron chi connectivity index (χ4n) is 3.24. The Labute approximate surface area is 171 Å². The van der Waals surface area contributed by atoms with Gasteiger partial charge in [0.25, 0.3) is 5.91 Å². The molecule has 2 amide bonds. The molecule has 154 valence electrons. The van der Waals surface area contributed by atoms with Crippen molar-refractivity contribution in [3.8, 4) is 0 Å². The van der Waals surface area contributed by atoms with Crippen LogP contribution in [0.15, 0.2) is 42.7 Å². The van der Waals surface area contributed by atoms with Crippen LogP contribution in [-0.2, 0) is 4.79 Å². The van der Waals surface area contributed by atoms with Gasteiger partial charge in [-0.15, -0.1) is 0 Å². The molecule has 0 radical (unpaired) electrons. The Balaban J connectivity index is 1.44. The first-order chi connectivity index (χ1) is 14.0. The number of nitrogens with one attached hydrogen (secondary N) is 2. The zero-order valence-electron chi connectivity index (χ0n) is 17.0. The summed E-state index contributed by atoms with van der Waals surface area (Å²) >= 11 is 0. The van der Waals surface area contributed by atoms with Crippen LogP contribution in [-0.4, -0.2) is 65.4 Å². The molecule has 8 nitrogen and oxygen atoms in total. The maximum Gasteiger partial charge on any atom is 0.255 e. The predicted molar refractivity (Wildman–Crippen MR) is 113 cm³/mol. The normalized spacial score (nSPS) is 14.0. The summed E-state index contributed by atoms with van der Waals surface area (Å²) in [7, 11) is 0. The van der Waals surface area contributed by atoms with E-state index in [-0.39, 0.29) is 24.3 Å². The van der Waals surface area contributed by atoms with Gasteiger partial charge in [-0.2, -0.15) is 0 Å². The molecule has 0 aromatic carbocycles.